The van der Waals surface area contributed by atoms with Gasteiger partial charge in [0.1, 0.15) is 5.82 Å². The van der Waals surface area contributed by atoms with Crippen LogP contribution >= 0.6 is 23.2 Å². The van der Waals surface area contributed by atoms with Crippen LogP contribution in [0.3, 0.4) is 0 Å². The molecule has 0 aliphatic rings. The summed E-state index contributed by atoms with van der Waals surface area (Å²) >= 11 is 12.2. The van der Waals surface area contributed by atoms with Crippen molar-refractivity contribution >= 4 is 23.2 Å². The molecule has 1 N–H and O–H groups in total. The van der Waals surface area contributed by atoms with Crippen LogP contribution in [0.1, 0.15) is 22.7 Å². The molecule has 100 valence electrons. The van der Waals surface area contributed by atoms with Crippen LogP contribution < -0.4 is 5.32 Å². The van der Waals surface area contributed by atoms with Crippen molar-refractivity contribution in [3.05, 3.63) is 69.0 Å². The second-order valence-corrected chi connectivity index (χ2v) is 5.23. The van der Waals surface area contributed by atoms with E-state index in [-0.39, 0.29) is 11.9 Å². The van der Waals surface area contributed by atoms with Crippen LogP contribution in [-0.4, -0.2) is 7.05 Å². The third kappa shape index (κ3) is 3.08. The van der Waals surface area contributed by atoms with E-state index in [1.807, 2.05) is 32.2 Å². The third-order valence-corrected chi connectivity index (χ3v) is 3.69. The first-order valence-corrected chi connectivity index (χ1v) is 6.66. The minimum absolute atomic E-state index is 0.193. The largest absolute Gasteiger partial charge is 0.309 e. The van der Waals surface area contributed by atoms with Gasteiger partial charge in [-0.05, 0) is 61.0 Å². The highest BCUT2D eigenvalue weighted by Crippen LogP contribution is 2.31. The summed E-state index contributed by atoms with van der Waals surface area (Å²) in [6, 6.07) is 9.82. The zero-order valence-corrected chi connectivity index (χ0v) is 12.2. The van der Waals surface area contributed by atoms with Crippen LogP contribution in [0, 0.1) is 12.7 Å². The molecule has 0 saturated carbocycles. The molecule has 0 fully saturated rings. The van der Waals surface area contributed by atoms with Gasteiger partial charge >= 0.3 is 0 Å². The maximum absolute atomic E-state index is 13.4. The lowest BCUT2D eigenvalue weighted by Crippen LogP contribution is -2.19. The summed E-state index contributed by atoms with van der Waals surface area (Å²) < 4.78 is 13.4. The second kappa shape index (κ2) is 5.91. The van der Waals surface area contributed by atoms with Gasteiger partial charge in [-0.2, -0.15) is 0 Å². The van der Waals surface area contributed by atoms with Gasteiger partial charge in [0.25, 0.3) is 0 Å². The van der Waals surface area contributed by atoms with Gasteiger partial charge in [-0.25, -0.2) is 4.39 Å². The van der Waals surface area contributed by atoms with Crippen LogP contribution in [0.2, 0.25) is 10.0 Å². The lowest BCUT2D eigenvalue weighted by Gasteiger charge is -2.21. The van der Waals surface area contributed by atoms with Crippen molar-refractivity contribution in [1.82, 2.24) is 5.32 Å². The van der Waals surface area contributed by atoms with Crippen molar-refractivity contribution in [2.75, 3.05) is 7.05 Å². The van der Waals surface area contributed by atoms with Crippen molar-refractivity contribution < 1.29 is 4.39 Å². The van der Waals surface area contributed by atoms with Crippen LogP contribution in [-0.2, 0) is 0 Å². The topological polar surface area (TPSA) is 12.0 Å². The summed E-state index contributed by atoms with van der Waals surface area (Å²) in [4.78, 5) is 0. The minimum Gasteiger partial charge on any atom is -0.309 e. The van der Waals surface area contributed by atoms with E-state index in [1.54, 1.807) is 6.07 Å². The van der Waals surface area contributed by atoms with Gasteiger partial charge < -0.3 is 5.32 Å². The van der Waals surface area contributed by atoms with E-state index in [2.05, 4.69) is 5.32 Å². The lowest BCUT2D eigenvalue weighted by atomic mass is 9.95. The molecule has 0 spiro atoms. The molecule has 19 heavy (non-hydrogen) atoms. The summed E-state index contributed by atoms with van der Waals surface area (Å²) in [5.41, 5.74) is 2.76. The summed E-state index contributed by atoms with van der Waals surface area (Å²) in [7, 11) is 1.81. The maximum Gasteiger partial charge on any atom is 0.123 e. The molecular weight excluding hydrogens is 284 g/mol. The van der Waals surface area contributed by atoms with Crippen LogP contribution in [0.25, 0.3) is 0 Å². The van der Waals surface area contributed by atoms with Gasteiger partial charge in [0, 0.05) is 10.0 Å². The number of hydrogen-bond donors (Lipinski definition) is 1. The van der Waals surface area contributed by atoms with Crippen molar-refractivity contribution in [1.29, 1.82) is 0 Å². The predicted molar refractivity (Wildman–Crippen MR) is 78.5 cm³/mol. The van der Waals surface area contributed by atoms with Crippen LogP contribution in [0.4, 0.5) is 4.39 Å². The molecule has 1 unspecified atom stereocenters. The molecule has 0 aliphatic carbocycles. The van der Waals surface area contributed by atoms with E-state index in [0.717, 1.165) is 11.1 Å². The SMILES string of the molecule is CNC(c1cc(Cl)ccc1C)c1cc(F)ccc1Cl. The molecule has 4 heteroatoms. The smallest absolute Gasteiger partial charge is 0.123 e. The normalized spacial score (nSPS) is 12.5. The van der Waals surface area contributed by atoms with Crippen molar-refractivity contribution in [2.24, 2.45) is 0 Å². The maximum atomic E-state index is 13.4. The Kier molecular flexibility index (Phi) is 4.46. The first-order valence-electron chi connectivity index (χ1n) is 5.91. The molecule has 0 amide bonds. The fraction of sp³-hybridized carbons (Fsp3) is 0.200. The number of hydrogen-bond acceptors (Lipinski definition) is 1. The number of rotatable bonds is 3. The van der Waals surface area contributed by atoms with E-state index < -0.39 is 0 Å². The molecule has 1 atom stereocenters. The number of benzene rings is 2. The molecule has 0 aliphatic heterocycles. The summed E-state index contributed by atoms with van der Waals surface area (Å²) in [5.74, 6) is -0.306. The Morgan fingerprint density at radius 3 is 2.47 bits per heavy atom. The highest BCUT2D eigenvalue weighted by atomic mass is 35.5. The fourth-order valence-electron chi connectivity index (χ4n) is 2.14. The average Bonchev–Trinajstić information content (AvgIpc) is 2.38. The van der Waals surface area contributed by atoms with Crippen molar-refractivity contribution in [3.8, 4) is 0 Å². The highest BCUT2D eigenvalue weighted by molar-refractivity contribution is 6.31. The molecule has 0 bridgehead atoms. The van der Waals surface area contributed by atoms with Crippen LogP contribution in [0.15, 0.2) is 36.4 Å². The Hall–Kier alpha value is -1.09. The molecular formula is C15H14Cl2FN. The monoisotopic (exact) mass is 297 g/mol. The highest BCUT2D eigenvalue weighted by Gasteiger charge is 2.18. The van der Waals surface area contributed by atoms with Crippen molar-refractivity contribution in [3.63, 3.8) is 0 Å². The van der Waals surface area contributed by atoms with Crippen LogP contribution in [0.5, 0.6) is 0 Å². The Morgan fingerprint density at radius 2 is 1.79 bits per heavy atom. The van der Waals surface area contributed by atoms with Gasteiger partial charge in [-0.15, -0.1) is 0 Å². The molecule has 0 aromatic heterocycles. The molecule has 2 rings (SSSR count). The van der Waals surface area contributed by atoms with E-state index in [9.17, 15) is 4.39 Å². The lowest BCUT2D eigenvalue weighted by molar-refractivity contribution is 0.616. The molecule has 0 heterocycles. The van der Waals surface area contributed by atoms with E-state index >= 15 is 0 Å². The summed E-state index contributed by atoms with van der Waals surface area (Å²) in [5, 5.41) is 4.34. The van der Waals surface area contributed by atoms with Gasteiger partial charge in [-0.3, -0.25) is 0 Å². The zero-order valence-electron chi connectivity index (χ0n) is 10.7. The van der Waals surface area contributed by atoms with Gasteiger partial charge in [0.05, 0.1) is 6.04 Å². The fourth-order valence-corrected chi connectivity index (χ4v) is 2.54. The third-order valence-electron chi connectivity index (χ3n) is 3.11. The van der Waals surface area contributed by atoms with E-state index in [1.165, 1.54) is 12.1 Å². The number of nitrogens with one attached hydrogen (secondary N) is 1. The van der Waals surface area contributed by atoms with Gasteiger partial charge in [0.15, 0.2) is 0 Å². The molecule has 2 aromatic rings. The Morgan fingerprint density at radius 1 is 1.05 bits per heavy atom. The summed E-state index contributed by atoms with van der Waals surface area (Å²) in [6.45, 7) is 1.99. The molecule has 0 radical (unpaired) electrons. The summed E-state index contributed by atoms with van der Waals surface area (Å²) in [6.07, 6.45) is 0. The Bertz CT molecular complexity index is 547. The Balaban J connectivity index is 2.55. The first kappa shape index (κ1) is 14.3. The standard InChI is InChI=1S/C15H14Cl2FN/c1-9-3-4-10(16)7-12(9)15(19-2)13-8-11(18)5-6-14(13)17/h3-8,15,19H,1-2H3. The first-order chi connectivity index (χ1) is 9.02. The number of halogens is 3. The van der Waals surface area contributed by atoms with Crippen molar-refractivity contribution in [2.45, 2.75) is 13.0 Å². The van der Waals surface area contributed by atoms with Gasteiger partial charge in [-0.1, -0.05) is 29.3 Å². The second-order valence-electron chi connectivity index (χ2n) is 4.39. The number of aryl methyl sites for hydroxylation is 1. The quantitative estimate of drug-likeness (QED) is 0.862. The van der Waals surface area contributed by atoms with E-state index in [0.29, 0.717) is 15.6 Å². The Labute approximate surface area is 122 Å². The molecule has 2 aromatic carbocycles. The average molecular weight is 298 g/mol. The predicted octanol–water partition coefficient (Wildman–Crippen LogP) is 4.75. The zero-order chi connectivity index (χ0) is 14.0. The molecule has 0 saturated heterocycles. The molecule has 1 nitrogen and oxygen atoms in total. The minimum atomic E-state index is -0.306. The van der Waals surface area contributed by atoms with Gasteiger partial charge in [0.2, 0.25) is 0 Å². The van der Waals surface area contributed by atoms with E-state index in [4.69, 9.17) is 23.2 Å².